The maximum absolute atomic E-state index is 4.11. The highest BCUT2D eigenvalue weighted by Crippen LogP contribution is 2.34. The standard InChI is InChI=1S/C17H32N2S/c1-20-17-11-6-10-16(17)19-15-9-3-2-7-13(15)14-8-4-5-12-18-14/h13-19H,2-12H2,1H3. The molecule has 0 bridgehead atoms. The predicted molar refractivity (Wildman–Crippen MR) is 89.5 cm³/mol. The zero-order chi connectivity index (χ0) is 13.8. The number of rotatable bonds is 4. The molecule has 116 valence electrons. The third-order valence-electron chi connectivity index (χ3n) is 5.87. The molecule has 1 heterocycles. The molecule has 2 N–H and O–H groups in total. The first-order chi connectivity index (χ1) is 9.88. The average Bonchev–Trinajstić information content (AvgIpc) is 2.96. The fourth-order valence-electron chi connectivity index (χ4n) is 4.77. The van der Waals surface area contributed by atoms with E-state index in [1.807, 2.05) is 0 Å². The molecule has 0 amide bonds. The summed E-state index contributed by atoms with van der Waals surface area (Å²) < 4.78 is 0. The van der Waals surface area contributed by atoms with Crippen LogP contribution in [0.25, 0.3) is 0 Å². The fraction of sp³-hybridized carbons (Fsp3) is 1.00. The van der Waals surface area contributed by atoms with Crippen LogP contribution in [0.3, 0.4) is 0 Å². The number of hydrogen-bond acceptors (Lipinski definition) is 3. The van der Waals surface area contributed by atoms with Gasteiger partial charge in [-0.15, -0.1) is 0 Å². The van der Waals surface area contributed by atoms with E-state index in [0.717, 1.165) is 29.3 Å². The summed E-state index contributed by atoms with van der Waals surface area (Å²) in [6.45, 7) is 1.25. The number of hydrogen-bond donors (Lipinski definition) is 2. The molecule has 3 fully saturated rings. The Bertz CT molecular complexity index is 291. The largest absolute Gasteiger partial charge is 0.314 e. The van der Waals surface area contributed by atoms with Crippen molar-refractivity contribution in [3.63, 3.8) is 0 Å². The van der Waals surface area contributed by atoms with Gasteiger partial charge in [0.05, 0.1) is 0 Å². The molecular weight excluding hydrogens is 264 g/mol. The van der Waals surface area contributed by atoms with E-state index >= 15 is 0 Å². The Morgan fingerprint density at radius 2 is 1.65 bits per heavy atom. The van der Waals surface area contributed by atoms with E-state index in [0.29, 0.717) is 0 Å². The monoisotopic (exact) mass is 296 g/mol. The molecule has 20 heavy (non-hydrogen) atoms. The zero-order valence-corrected chi connectivity index (χ0v) is 13.9. The summed E-state index contributed by atoms with van der Waals surface area (Å²) in [4.78, 5) is 0. The summed E-state index contributed by atoms with van der Waals surface area (Å²) in [6, 6.07) is 2.38. The van der Waals surface area contributed by atoms with Gasteiger partial charge in [0, 0.05) is 23.4 Å². The van der Waals surface area contributed by atoms with Crippen molar-refractivity contribution < 1.29 is 0 Å². The molecule has 0 aromatic rings. The van der Waals surface area contributed by atoms with Gasteiger partial charge in [-0.05, 0) is 57.2 Å². The molecule has 3 heteroatoms. The third-order valence-corrected chi connectivity index (χ3v) is 7.04. The van der Waals surface area contributed by atoms with Crippen LogP contribution < -0.4 is 10.6 Å². The zero-order valence-electron chi connectivity index (χ0n) is 13.1. The smallest absolute Gasteiger partial charge is 0.0198 e. The normalized spacial score (nSPS) is 42.8. The second-order valence-electron chi connectivity index (χ2n) is 7.09. The summed E-state index contributed by atoms with van der Waals surface area (Å²) in [5.41, 5.74) is 0. The Balaban J connectivity index is 1.59. The molecule has 2 saturated carbocycles. The fourth-order valence-corrected chi connectivity index (χ4v) is 5.71. The molecule has 1 saturated heterocycles. The summed E-state index contributed by atoms with van der Waals surface area (Å²) >= 11 is 2.09. The summed E-state index contributed by atoms with van der Waals surface area (Å²) in [6.07, 6.45) is 16.6. The molecule has 5 unspecified atom stereocenters. The van der Waals surface area contributed by atoms with Gasteiger partial charge in [0.25, 0.3) is 0 Å². The lowest BCUT2D eigenvalue weighted by atomic mass is 9.77. The third kappa shape index (κ3) is 3.53. The van der Waals surface area contributed by atoms with E-state index in [-0.39, 0.29) is 0 Å². The van der Waals surface area contributed by atoms with Gasteiger partial charge in [0.15, 0.2) is 0 Å². The van der Waals surface area contributed by atoms with Gasteiger partial charge < -0.3 is 10.6 Å². The van der Waals surface area contributed by atoms with Crippen LogP contribution in [-0.2, 0) is 0 Å². The van der Waals surface area contributed by atoms with Crippen molar-refractivity contribution in [1.82, 2.24) is 10.6 Å². The van der Waals surface area contributed by atoms with Gasteiger partial charge in [-0.3, -0.25) is 0 Å². The first kappa shape index (κ1) is 15.2. The van der Waals surface area contributed by atoms with Gasteiger partial charge >= 0.3 is 0 Å². The number of thioether (sulfide) groups is 1. The Morgan fingerprint density at radius 1 is 0.850 bits per heavy atom. The van der Waals surface area contributed by atoms with Crippen LogP contribution in [0.4, 0.5) is 0 Å². The van der Waals surface area contributed by atoms with Crippen LogP contribution in [0.1, 0.15) is 64.2 Å². The minimum absolute atomic E-state index is 0.789. The molecule has 0 spiro atoms. The van der Waals surface area contributed by atoms with Gasteiger partial charge in [0.2, 0.25) is 0 Å². The molecule has 3 rings (SSSR count). The molecule has 0 aromatic heterocycles. The van der Waals surface area contributed by atoms with Crippen LogP contribution in [0, 0.1) is 5.92 Å². The van der Waals surface area contributed by atoms with Gasteiger partial charge in [0.1, 0.15) is 0 Å². The average molecular weight is 297 g/mol. The molecular formula is C17H32N2S. The van der Waals surface area contributed by atoms with Crippen molar-refractivity contribution in [2.75, 3.05) is 12.8 Å². The van der Waals surface area contributed by atoms with Crippen LogP contribution in [-0.4, -0.2) is 36.2 Å². The van der Waals surface area contributed by atoms with Crippen molar-refractivity contribution in [3.05, 3.63) is 0 Å². The lowest BCUT2D eigenvalue weighted by molar-refractivity contribution is 0.172. The van der Waals surface area contributed by atoms with Crippen molar-refractivity contribution >= 4 is 11.8 Å². The highest BCUT2D eigenvalue weighted by atomic mass is 32.2. The first-order valence-electron chi connectivity index (χ1n) is 8.90. The molecule has 2 aliphatic carbocycles. The van der Waals surface area contributed by atoms with E-state index in [4.69, 9.17) is 0 Å². The summed E-state index contributed by atoms with van der Waals surface area (Å²) in [5.74, 6) is 0.896. The molecule has 3 aliphatic rings. The molecule has 0 aromatic carbocycles. The highest BCUT2D eigenvalue weighted by molar-refractivity contribution is 7.99. The van der Waals surface area contributed by atoms with Crippen LogP contribution >= 0.6 is 11.8 Å². The van der Waals surface area contributed by atoms with E-state index in [1.165, 1.54) is 70.8 Å². The van der Waals surface area contributed by atoms with Crippen LogP contribution in [0.15, 0.2) is 0 Å². The first-order valence-corrected chi connectivity index (χ1v) is 10.2. The molecule has 1 aliphatic heterocycles. The molecule has 2 nitrogen and oxygen atoms in total. The summed E-state index contributed by atoms with van der Waals surface area (Å²) in [5, 5.41) is 8.80. The maximum atomic E-state index is 4.11. The quantitative estimate of drug-likeness (QED) is 0.829. The Kier molecular flexibility index (Phi) is 5.70. The minimum atomic E-state index is 0.789. The van der Waals surface area contributed by atoms with Gasteiger partial charge in [-0.25, -0.2) is 0 Å². The van der Waals surface area contributed by atoms with Crippen molar-refractivity contribution in [1.29, 1.82) is 0 Å². The Labute approximate surface area is 129 Å². The minimum Gasteiger partial charge on any atom is -0.314 e. The number of nitrogens with one attached hydrogen (secondary N) is 2. The van der Waals surface area contributed by atoms with Crippen molar-refractivity contribution in [3.8, 4) is 0 Å². The second kappa shape index (κ2) is 7.51. The lowest BCUT2D eigenvalue weighted by Gasteiger charge is -2.41. The predicted octanol–water partition coefficient (Wildman–Crippen LogP) is 3.56. The van der Waals surface area contributed by atoms with E-state index < -0.39 is 0 Å². The van der Waals surface area contributed by atoms with Gasteiger partial charge in [-0.2, -0.15) is 11.8 Å². The Hall–Kier alpha value is 0.270. The van der Waals surface area contributed by atoms with Crippen molar-refractivity contribution in [2.45, 2.75) is 87.6 Å². The van der Waals surface area contributed by atoms with Crippen LogP contribution in [0.2, 0.25) is 0 Å². The molecule has 5 atom stereocenters. The summed E-state index contributed by atoms with van der Waals surface area (Å²) in [7, 11) is 0. The van der Waals surface area contributed by atoms with E-state index in [2.05, 4.69) is 28.7 Å². The maximum Gasteiger partial charge on any atom is 0.0198 e. The van der Waals surface area contributed by atoms with Gasteiger partial charge in [-0.1, -0.05) is 25.7 Å². The topological polar surface area (TPSA) is 24.1 Å². The van der Waals surface area contributed by atoms with E-state index in [9.17, 15) is 0 Å². The second-order valence-corrected chi connectivity index (χ2v) is 8.17. The number of piperidine rings is 1. The highest BCUT2D eigenvalue weighted by Gasteiger charge is 2.36. The SMILES string of the molecule is CSC1CCCC1NC1CCCCC1C1CCCCN1. The van der Waals surface area contributed by atoms with Crippen molar-refractivity contribution in [2.24, 2.45) is 5.92 Å². The Morgan fingerprint density at radius 3 is 2.45 bits per heavy atom. The molecule has 0 radical (unpaired) electrons. The van der Waals surface area contributed by atoms with Crippen LogP contribution in [0.5, 0.6) is 0 Å². The lowest BCUT2D eigenvalue weighted by Crippen LogP contribution is -2.53. The van der Waals surface area contributed by atoms with E-state index in [1.54, 1.807) is 0 Å².